The lowest BCUT2D eigenvalue weighted by Gasteiger charge is -2.29. The van der Waals surface area contributed by atoms with Gasteiger partial charge in [-0.15, -0.1) is 0 Å². The molecule has 4 N–H and O–H groups in total. The Bertz CT molecular complexity index is 967. The summed E-state index contributed by atoms with van der Waals surface area (Å²) in [6.45, 7) is 1.24. The molecular weight excluding hydrogens is 360 g/mol. The lowest BCUT2D eigenvalue weighted by molar-refractivity contribution is -0.136. The average molecular weight is 382 g/mol. The molecule has 4 rings (SSSR count). The Hall–Kier alpha value is -3.20. The Balaban J connectivity index is 1.55. The Labute approximate surface area is 161 Å². The first-order valence-corrected chi connectivity index (χ1v) is 9.20. The summed E-state index contributed by atoms with van der Waals surface area (Å²) in [6.07, 6.45) is 2.33. The number of amides is 3. The zero-order valence-corrected chi connectivity index (χ0v) is 15.6. The van der Waals surface area contributed by atoms with Crippen LogP contribution in [0, 0.1) is 0 Å². The first-order chi connectivity index (χ1) is 13.5. The van der Waals surface area contributed by atoms with Crippen LogP contribution in [0.5, 0.6) is 0 Å². The van der Waals surface area contributed by atoms with Crippen LogP contribution in [0.15, 0.2) is 24.4 Å². The zero-order valence-electron chi connectivity index (χ0n) is 15.6. The van der Waals surface area contributed by atoms with E-state index in [4.69, 9.17) is 5.73 Å². The minimum atomic E-state index is -0.612. The molecule has 0 bridgehead atoms. The van der Waals surface area contributed by atoms with Crippen molar-refractivity contribution in [2.24, 2.45) is 12.8 Å². The summed E-state index contributed by atoms with van der Waals surface area (Å²) in [4.78, 5) is 38.0. The van der Waals surface area contributed by atoms with Crippen molar-refractivity contribution in [3.05, 3.63) is 46.6 Å². The second kappa shape index (κ2) is 7.08. The van der Waals surface area contributed by atoms with Gasteiger partial charge in [-0.25, -0.2) is 0 Å². The fourth-order valence-electron chi connectivity index (χ4n) is 3.85. The summed E-state index contributed by atoms with van der Waals surface area (Å²) in [5.74, 6) is -0.0253. The number of imide groups is 1. The monoisotopic (exact) mass is 382 g/mol. The SMILES string of the molecule is Cn1ncc(CN)c1NCc1cccc2c1CN(C1CCC(=O)NC1=O)C2=O. The average Bonchev–Trinajstić information content (AvgIpc) is 3.20. The largest absolute Gasteiger partial charge is 0.366 e. The van der Waals surface area contributed by atoms with E-state index in [1.54, 1.807) is 21.8 Å². The van der Waals surface area contributed by atoms with Gasteiger partial charge in [0.25, 0.3) is 5.91 Å². The fraction of sp³-hybridized carbons (Fsp3) is 0.368. The minimum Gasteiger partial charge on any atom is -0.366 e. The molecule has 1 unspecified atom stereocenters. The summed E-state index contributed by atoms with van der Waals surface area (Å²) >= 11 is 0. The van der Waals surface area contributed by atoms with E-state index < -0.39 is 11.9 Å². The van der Waals surface area contributed by atoms with Gasteiger partial charge in [-0.2, -0.15) is 5.10 Å². The summed E-state index contributed by atoms with van der Waals surface area (Å²) in [7, 11) is 1.84. The number of hydrogen-bond donors (Lipinski definition) is 3. The molecule has 1 aromatic heterocycles. The van der Waals surface area contributed by atoms with Crippen LogP contribution in [0.2, 0.25) is 0 Å². The summed E-state index contributed by atoms with van der Waals surface area (Å²) < 4.78 is 1.73. The van der Waals surface area contributed by atoms with Crippen molar-refractivity contribution in [1.82, 2.24) is 20.0 Å². The predicted molar refractivity (Wildman–Crippen MR) is 101 cm³/mol. The molecule has 3 heterocycles. The Morgan fingerprint density at radius 1 is 1.29 bits per heavy atom. The molecule has 0 aliphatic carbocycles. The third-order valence-corrected chi connectivity index (χ3v) is 5.36. The second-order valence-corrected chi connectivity index (χ2v) is 7.04. The fourth-order valence-corrected chi connectivity index (χ4v) is 3.85. The number of nitrogens with zero attached hydrogens (tertiary/aromatic N) is 3. The van der Waals surface area contributed by atoms with Gasteiger partial charge in [0.05, 0.1) is 6.20 Å². The van der Waals surface area contributed by atoms with E-state index in [-0.39, 0.29) is 18.2 Å². The number of anilines is 1. The second-order valence-electron chi connectivity index (χ2n) is 7.04. The zero-order chi connectivity index (χ0) is 19.8. The number of nitrogens with two attached hydrogens (primary N) is 1. The van der Waals surface area contributed by atoms with Crippen LogP contribution in [0.25, 0.3) is 0 Å². The molecule has 1 fully saturated rings. The van der Waals surface area contributed by atoms with Crippen molar-refractivity contribution >= 4 is 23.5 Å². The smallest absolute Gasteiger partial charge is 0.255 e. The highest BCUT2D eigenvalue weighted by Crippen LogP contribution is 2.30. The highest BCUT2D eigenvalue weighted by molar-refractivity contribution is 6.05. The van der Waals surface area contributed by atoms with Crippen LogP contribution in [-0.2, 0) is 36.3 Å². The van der Waals surface area contributed by atoms with Gasteiger partial charge in [-0.3, -0.25) is 24.4 Å². The third kappa shape index (κ3) is 3.03. The van der Waals surface area contributed by atoms with E-state index in [9.17, 15) is 14.4 Å². The van der Waals surface area contributed by atoms with Crippen molar-refractivity contribution < 1.29 is 14.4 Å². The first-order valence-electron chi connectivity index (χ1n) is 9.20. The standard InChI is InChI=1S/C19H22N6O3/c1-24-17(12(7-20)9-22-24)21-8-11-3-2-4-13-14(11)10-25(19(13)28)15-5-6-16(26)23-18(15)27/h2-4,9,15,21H,5-8,10,20H2,1H3,(H,23,26,27). The van der Waals surface area contributed by atoms with E-state index in [2.05, 4.69) is 15.7 Å². The van der Waals surface area contributed by atoms with Crippen LogP contribution in [-0.4, -0.2) is 38.4 Å². The molecule has 2 aliphatic heterocycles. The number of fused-ring (bicyclic) bond motifs is 1. The molecule has 2 aliphatic rings. The van der Waals surface area contributed by atoms with E-state index >= 15 is 0 Å². The van der Waals surface area contributed by atoms with Crippen molar-refractivity contribution in [2.45, 2.75) is 38.5 Å². The number of carbonyl (C=O) groups excluding carboxylic acids is 3. The highest BCUT2D eigenvalue weighted by Gasteiger charge is 2.39. The van der Waals surface area contributed by atoms with E-state index in [1.807, 2.05) is 19.2 Å². The number of benzene rings is 1. The van der Waals surface area contributed by atoms with Gasteiger partial charge < -0.3 is 16.0 Å². The number of piperidine rings is 1. The Kier molecular flexibility index (Phi) is 4.60. The molecule has 0 spiro atoms. The van der Waals surface area contributed by atoms with Gasteiger partial charge in [0.2, 0.25) is 11.8 Å². The Morgan fingerprint density at radius 3 is 2.86 bits per heavy atom. The van der Waals surface area contributed by atoms with Crippen LogP contribution >= 0.6 is 0 Å². The number of nitrogens with one attached hydrogen (secondary N) is 2. The topological polar surface area (TPSA) is 122 Å². The number of aryl methyl sites for hydroxylation is 1. The quantitative estimate of drug-likeness (QED) is 0.637. The number of rotatable bonds is 5. The van der Waals surface area contributed by atoms with Gasteiger partial charge in [0, 0.05) is 44.2 Å². The summed E-state index contributed by atoms with van der Waals surface area (Å²) in [5, 5.41) is 9.89. The molecule has 9 heteroatoms. The maximum absolute atomic E-state index is 12.9. The third-order valence-electron chi connectivity index (χ3n) is 5.36. The minimum absolute atomic E-state index is 0.172. The first kappa shape index (κ1) is 18.2. The molecule has 28 heavy (non-hydrogen) atoms. The maximum Gasteiger partial charge on any atom is 0.255 e. The van der Waals surface area contributed by atoms with Gasteiger partial charge in [0.15, 0.2) is 0 Å². The number of carbonyl (C=O) groups is 3. The van der Waals surface area contributed by atoms with E-state index in [0.717, 1.165) is 22.5 Å². The van der Waals surface area contributed by atoms with Crippen LogP contribution in [0.4, 0.5) is 5.82 Å². The molecule has 1 atom stereocenters. The number of aromatic nitrogens is 2. The molecule has 146 valence electrons. The lowest BCUT2D eigenvalue weighted by Crippen LogP contribution is -2.52. The summed E-state index contributed by atoms with van der Waals surface area (Å²) in [6, 6.07) is 4.97. The maximum atomic E-state index is 12.9. The van der Waals surface area contributed by atoms with Crippen LogP contribution in [0.3, 0.4) is 0 Å². The van der Waals surface area contributed by atoms with Crippen molar-refractivity contribution in [3.63, 3.8) is 0 Å². The normalized spacial score (nSPS) is 19.0. The molecule has 1 aromatic carbocycles. The van der Waals surface area contributed by atoms with Crippen molar-refractivity contribution in [3.8, 4) is 0 Å². The van der Waals surface area contributed by atoms with Gasteiger partial charge >= 0.3 is 0 Å². The summed E-state index contributed by atoms with van der Waals surface area (Å²) in [5.41, 5.74) is 9.16. The van der Waals surface area contributed by atoms with E-state index in [0.29, 0.717) is 31.6 Å². The molecule has 3 amide bonds. The molecular formula is C19H22N6O3. The van der Waals surface area contributed by atoms with E-state index in [1.165, 1.54) is 0 Å². The van der Waals surface area contributed by atoms with Gasteiger partial charge in [-0.1, -0.05) is 12.1 Å². The molecule has 0 radical (unpaired) electrons. The highest BCUT2D eigenvalue weighted by atomic mass is 16.2. The van der Waals surface area contributed by atoms with Crippen molar-refractivity contribution in [2.75, 3.05) is 5.32 Å². The number of hydrogen-bond acceptors (Lipinski definition) is 6. The lowest BCUT2D eigenvalue weighted by atomic mass is 10.0. The van der Waals surface area contributed by atoms with Crippen molar-refractivity contribution in [1.29, 1.82) is 0 Å². The molecule has 0 saturated carbocycles. The van der Waals surface area contributed by atoms with Crippen LogP contribution in [0.1, 0.15) is 39.9 Å². The predicted octanol–water partition coefficient (Wildman–Crippen LogP) is 0.252. The Morgan fingerprint density at radius 2 is 2.11 bits per heavy atom. The molecule has 1 saturated heterocycles. The van der Waals surface area contributed by atoms with Gasteiger partial charge in [0.1, 0.15) is 11.9 Å². The van der Waals surface area contributed by atoms with Crippen LogP contribution < -0.4 is 16.4 Å². The molecule has 9 nitrogen and oxygen atoms in total. The van der Waals surface area contributed by atoms with Gasteiger partial charge in [-0.05, 0) is 23.6 Å². The molecule has 2 aromatic rings.